The predicted molar refractivity (Wildman–Crippen MR) is 173 cm³/mol. The number of nitrogens with zero attached hydrogens (tertiary/aromatic N) is 3. The molecule has 242 valence electrons. The molecule has 2 saturated heterocycles. The molecule has 0 bridgehead atoms. The van der Waals surface area contributed by atoms with Gasteiger partial charge >= 0.3 is 0 Å². The van der Waals surface area contributed by atoms with Gasteiger partial charge in [-0.15, -0.1) is 0 Å². The lowest BCUT2D eigenvalue weighted by Gasteiger charge is -2.27. The van der Waals surface area contributed by atoms with Crippen LogP contribution in [0.5, 0.6) is 23.0 Å². The Bertz CT molecular complexity index is 1600. The molecule has 3 aliphatic rings. The SMILES string of the molecule is COc1ccc(C(=O)N2CCCN(c3ccc(C(=O)N4CCCNCC4)cc3NC(=O)c3ccc4c(c3)OCO4)CC2)cc1OC. The average Bonchev–Trinajstić information content (AvgIpc) is 3.24. The Morgan fingerprint density at radius 3 is 2.24 bits per heavy atom. The van der Waals surface area contributed by atoms with E-state index in [1.54, 1.807) is 56.7 Å². The summed E-state index contributed by atoms with van der Waals surface area (Å²) in [5, 5.41) is 6.39. The molecule has 3 aliphatic heterocycles. The maximum atomic E-state index is 13.6. The number of carbonyl (C=O) groups is 3. The Labute approximate surface area is 268 Å². The minimum absolute atomic E-state index is 0.0728. The smallest absolute Gasteiger partial charge is 0.255 e. The number of methoxy groups -OCH3 is 2. The molecule has 3 aromatic rings. The third-order valence-corrected chi connectivity index (χ3v) is 8.51. The quantitative estimate of drug-likeness (QED) is 0.405. The van der Waals surface area contributed by atoms with Crippen molar-refractivity contribution in [3.05, 3.63) is 71.3 Å². The third kappa shape index (κ3) is 6.66. The first-order valence-electron chi connectivity index (χ1n) is 15.6. The highest BCUT2D eigenvalue weighted by Gasteiger charge is 2.25. The van der Waals surface area contributed by atoms with Crippen molar-refractivity contribution in [2.75, 3.05) is 83.6 Å². The van der Waals surface area contributed by atoms with Crippen molar-refractivity contribution in [3.63, 3.8) is 0 Å². The van der Waals surface area contributed by atoms with Gasteiger partial charge in [-0.1, -0.05) is 0 Å². The van der Waals surface area contributed by atoms with Crippen molar-refractivity contribution in [2.45, 2.75) is 12.8 Å². The average molecular weight is 630 g/mol. The maximum absolute atomic E-state index is 13.6. The van der Waals surface area contributed by atoms with Crippen LogP contribution in [0.1, 0.15) is 43.9 Å². The van der Waals surface area contributed by atoms with Crippen LogP contribution in [0.15, 0.2) is 54.6 Å². The highest BCUT2D eigenvalue weighted by atomic mass is 16.7. The van der Waals surface area contributed by atoms with Gasteiger partial charge in [0.1, 0.15) is 0 Å². The van der Waals surface area contributed by atoms with Crippen LogP contribution in [0.25, 0.3) is 0 Å². The second kappa shape index (κ2) is 14.0. The van der Waals surface area contributed by atoms with Crippen LogP contribution in [-0.2, 0) is 0 Å². The van der Waals surface area contributed by atoms with E-state index >= 15 is 0 Å². The highest BCUT2D eigenvalue weighted by Crippen LogP contribution is 2.34. The van der Waals surface area contributed by atoms with E-state index in [1.165, 1.54) is 0 Å². The molecule has 12 nitrogen and oxygen atoms in total. The second-order valence-electron chi connectivity index (χ2n) is 11.4. The summed E-state index contributed by atoms with van der Waals surface area (Å²) in [6.45, 7) is 5.26. The summed E-state index contributed by atoms with van der Waals surface area (Å²) in [6, 6.07) is 15.7. The zero-order chi connectivity index (χ0) is 32.0. The number of hydrogen-bond acceptors (Lipinski definition) is 9. The molecule has 2 N–H and O–H groups in total. The molecule has 3 aromatic carbocycles. The largest absolute Gasteiger partial charge is 0.493 e. The Hall–Kier alpha value is -4.97. The lowest BCUT2D eigenvalue weighted by molar-refractivity contribution is 0.0759. The Morgan fingerprint density at radius 2 is 1.41 bits per heavy atom. The number of rotatable bonds is 7. The predicted octanol–water partition coefficient (Wildman–Crippen LogP) is 3.47. The van der Waals surface area contributed by atoms with Crippen molar-refractivity contribution in [1.82, 2.24) is 15.1 Å². The van der Waals surface area contributed by atoms with E-state index in [4.69, 9.17) is 18.9 Å². The van der Waals surface area contributed by atoms with Gasteiger partial charge in [-0.05, 0) is 74.0 Å². The van der Waals surface area contributed by atoms with Crippen LogP contribution in [0.4, 0.5) is 11.4 Å². The fourth-order valence-electron chi connectivity index (χ4n) is 6.02. The number of benzene rings is 3. The lowest BCUT2D eigenvalue weighted by atomic mass is 10.1. The summed E-state index contributed by atoms with van der Waals surface area (Å²) in [7, 11) is 3.10. The van der Waals surface area contributed by atoms with Gasteiger partial charge in [-0.2, -0.15) is 0 Å². The summed E-state index contributed by atoms with van der Waals surface area (Å²) in [5.74, 6) is 1.67. The molecule has 3 amide bonds. The molecular formula is C34H39N5O7. The van der Waals surface area contributed by atoms with Crippen molar-refractivity contribution >= 4 is 29.1 Å². The van der Waals surface area contributed by atoms with E-state index < -0.39 is 0 Å². The summed E-state index contributed by atoms with van der Waals surface area (Å²) in [6.07, 6.45) is 1.60. The number of fused-ring (bicyclic) bond motifs is 1. The fraction of sp³-hybridized carbons (Fsp3) is 0.382. The van der Waals surface area contributed by atoms with Gasteiger partial charge in [0.05, 0.1) is 25.6 Å². The number of carbonyl (C=O) groups excluding carboxylic acids is 3. The summed E-state index contributed by atoms with van der Waals surface area (Å²) < 4.78 is 21.6. The number of ether oxygens (including phenoxy) is 4. The molecule has 0 unspecified atom stereocenters. The van der Waals surface area contributed by atoms with Crippen LogP contribution in [-0.4, -0.2) is 101 Å². The van der Waals surface area contributed by atoms with Gasteiger partial charge in [0.15, 0.2) is 23.0 Å². The van der Waals surface area contributed by atoms with Gasteiger partial charge < -0.3 is 44.3 Å². The Kier molecular flexibility index (Phi) is 9.43. The molecule has 0 atom stereocenters. The van der Waals surface area contributed by atoms with Gasteiger partial charge in [0, 0.05) is 62.5 Å². The third-order valence-electron chi connectivity index (χ3n) is 8.51. The first-order chi connectivity index (χ1) is 22.4. The van der Waals surface area contributed by atoms with E-state index in [0.29, 0.717) is 84.6 Å². The first kappa shape index (κ1) is 31.0. The molecule has 3 heterocycles. The maximum Gasteiger partial charge on any atom is 0.255 e. The number of hydrogen-bond donors (Lipinski definition) is 2. The van der Waals surface area contributed by atoms with E-state index in [9.17, 15) is 14.4 Å². The zero-order valence-corrected chi connectivity index (χ0v) is 26.2. The molecule has 0 saturated carbocycles. The standard InChI is InChI=1S/C34H39N5O7/c1-43-28-9-7-25(21-30(28)44-2)34(42)39-15-4-14-37(17-18-39)27-8-5-24(33(41)38-13-3-11-35-12-16-38)19-26(27)36-32(40)23-6-10-29-31(20-23)46-22-45-29/h5-10,19-21,35H,3-4,11-18,22H2,1-2H3,(H,36,40). The molecule has 0 aliphatic carbocycles. The number of amides is 3. The monoisotopic (exact) mass is 629 g/mol. The van der Waals surface area contributed by atoms with E-state index in [-0.39, 0.29) is 24.5 Å². The topological polar surface area (TPSA) is 122 Å². The van der Waals surface area contributed by atoms with E-state index in [2.05, 4.69) is 15.5 Å². The molecule has 0 radical (unpaired) electrons. The molecule has 2 fully saturated rings. The summed E-state index contributed by atoms with van der Waals surface area (Å²) >= 11 is 0. The molecule has 0 aromatic heterocycles. The molecule has 46 heavy (non-hydrogen) atoms. The van der Waals surface area contributed by atoms with Crippen LogP contribution in [0, 0.1) is 0 Å². The van der Waals surface area contributed by atoms with Gasteiger partial charge in [-0.25, -0.2) is 0 Å². The molecular weight excluding hydrogens is 590 g/mol. The van der Waals surface area contributed by atoms with Crippen LogP contribution < -0.4 is 34.5 Å². The number of anilines is 2. The highest BCUT2D eigenvalue weighted by molar-refractivity contribution is 6.07. The van der Waals surface area contributed by atoms with Gasteiger partial charge in [0.25, 0.3) is 17.7 Å². The van der Waals surface area contributed by atoms with Crippen molar-refractivity contribution < 1.29 is 33.3 Å². The van der Waals surface area contributed by atoms with Crippen LogP contribution in [0.3, 0.4) is 0 Å². The summed E-state index contributed by atoms with van der Waals surface area (Å²) in [5.41, 5.74) is 2.75. The summed E-state index contributed by atoms with van der Waals surface area (Å²) in [4.78, 5) is 46.4. The molecule has 12 heteroatoms. The van der Waals surface area contributed by atoms with Crippen molar-refractivity contribution in [3.8, 4) is 23.0 Å². The Balaban J connectivity index is 1.24. The molecule has 6 rings (SSSR count). The van der Waals surface area contributed by atoms with Gasteiger partial charge in [0.2, 0.25) is 6.79 Å². The van der Waals surface area contributed by atoms with Crippen molar-refractivity contribution in [2.24, 2.45) is 0 Å². The molecule has 0 spiro atoms. The first-order valence-corrected chi connectivity index (χ1v) is 15.6. The zero-order valence-electron chi connectivity index (χ0n) is 26.2. The number of nitrogens with one attached hydrogen (secondary N) is 2. The van der Waals surface area contributed by atoms with E-state index in [1.807, 2.05) is 21.9 Å². The van der Waals surface area contributed by atoms with Gasteiger partial charge in [-0.3, -0.25) is 14.4 Å². The minimum Gasteiger partial charge on any atom is -0.493 e. The van der Waals surface area contributed by atoms with Crippen LogP contribution >= 0.6 is 0 Å². The second-order valence-corrected chi connectivity index (χ2v) is 11.4. The normalized spacial score (nSPS) is 16.3. The van der Waals surface area contributed by atoms with Crippen LogP contribution in [0.2, 0.25) is 0 Å². The minimum atomic E-state index is -0.330. The fourth-order valence-corrected chi connectivity index (χ4v) is 6.02. The lowest BCUT2D eigenvalue weighted by Crippen LogP contribution is -2.35. The van der Waals surface area contributed by atoms with E-state index in [0.717, 1.165) is 31.6 Å². The Morgan fingerprint density at radius 1 is 0.696 bits per heavy atom. The van der Waals surface area contributed by atoms with Crippen molar-refractivity contribution in [1.29, 1.82) is 0 Å².